The minimum absolute atomic E-state index is 0.0190. The maximum Gasteiger partial charge on any atom is 0.416 e. The smallest absolute Gasteiger partial charge is 0.341 e. The summed E-state index contributed by atoms with van der Waals surface area (Å²) in [5, 5.41) is 9.24. The van der Waals surface area contributed by atoms with E-state index in [9.17, 15) is 31.5 Å². The summed E-state index contributed by atoms with van der Waals surface area (Å²) in [5.74, 6) is -3.55. The molecular formula is C24H13ClF5N5O2. The van der Waals surface area contributed by atoms with Crippen molar-refractivity contribution in [3.8, 4) is 5.69 Å². The van der Waals surface area contributed by atoms with Crippen LogP contribution in [0.4, 0.5) is 27.6 Å². The fourth-order valence-electron chi connectivity index (χ4n) is 4.04. The van der Waals surface area contributed by atoms with Crippen LogP contribution in [0.5, 0.6) is 0 Å². The molecule has 1 atom stereocenters. The number of halogens is 6. The van der Waals surface area contributed by atoms with Crippen LogP contribution in [0.25, 0.3) is 5.69 Å². The van der Waals surface area contributed by atoms with E-state index in [0.29, 0.717) is 12.1 Å². The summed E-state index contributed by atoms with van der Waals surface area (Å²) in [6, 6.07) is 6.80. The fraction of sp³-hybridized carbons (Fsp3) is 0.0833. The molecule has 2 N–H and O–H groups in total. The molecule has 0 radical (unpaired) electrons. The topological polar surface area (TPSA) is 88.9 Å². The Hall–Kier alpha value is -4.32. The van der Waals surface area contributed by atoms with E-state index in [1.165, 1.54) is 35.5 Å². The Morgan fingerprint density at radius 3 is 2.54 bits per heavy atom. The third-order valence-electron chi connectivity index (χ3n) is 5.66. The predicted octanol–water partition coefficient (Wildman–Crippen LogP) is 5.30. The molecular weight excluding hydrogens is 521 g/mol. The summed E-state index contributed by atoms with van der Waals surface area (Å²) in [6.07, 6.45) is -2.34. The highest BCUT2D eigenvalue weighted by molar-refractivity contribution is 6.31. The number of rotatable bonds is 4. The van der Waals surface area contributed by atoms with E-state index in [1.807, 2.05) is 0 Å². The molecule has 0 saturated carbocycles. The second-order valence-electron chi connectivity index (χ2n) is 8.05. The first-order chi connectivity index (χ1) is 17.5. The van der Waals surface area contributed by atoms with E-state index in [4.69, 9.17) is 11.6 Å². The fourth-order valence-corrected chi connectivity index (χ4v) is 4.27. The van der Waals surface area contributed by atoms with Crippen molar-refractivity contribution in [1.82, 2.24) is 20.1 Å². The molecule has 188 valence electrons. The van der Waals surface area contributed by atoms with Gasteiger partial charge in [-0.25, -0.2) is 18.4 Å². The number of hydrogen-bond donors (Lipinski definition) is 2. The average molecular weight is 534 g/mol. The number of hydrogen-bond acceptors (Lipinski definition) is 4. The molecule has 1 unspecified atom stereocenters. The summed E-state index contributed by atoms with van der Waals surface area (Å²) in [6.45, 7) is 0. The van der Waals surface area contributed by atoms with E-state index in [1.54, 1.807) is 0 Å². The molecule has 0 aliphatic carbocycles. The third kappa shape index (κ3) is 4.62. The SMILES string of the molecule is O=C(Nc1cc(-n2cncn2)cc2c1C(c1cc(F)ccc1Cl)NC2=O)c1cc(F)cc(C(F)(F)F)c1. The Bertz CT molecular complexity index is 1560. The number of amides is 2. The molecule has 0 spiro atoms. The van der Waals surface area contributed by atoms with Crippen LogP contribution in [-0.4, -0.2) is 26.6 Å². The summed E-state index contributed by atoms with van der Waals surface area (Å²) in [7, 11) is 0. The standard InChI is InChI=1S/C24H13ClF5N5O2/c25-18-2-1-13(26)6-16(18)21-20-17(23(37)34-21)7-15(35-10-31-9-32-35)8-19(20)33-22(36)11-3-12(24(28,29)30)5-14(27)4-11/h1-10,21H,(H,33,36)(H,34,37). The minimum atomic E-state index is -4.89. The molecule has 3 aromatic carbocycles. The highest BCUT2D eigenvalue weighted by atomic mass is 35.5. The number of nitrogens with zero attached hydrogens (tertiary/aromatic N) is 3. The zero-order valence-electron chi connectivity index (χ0n) is 18.3. The van der Waals surface area contributed by atoms with Crippen molar-refractivity contribution >= 4 is 29.1 Å². The zero-order chi connectivity index (χ0) is 26.5. The molecule has 1 aliphatic rings. The number of carbonyl (C=O) groups excluding carboxylic acids is 2. The number of aromatic nitrogens is 3. The van der Waals surface area contributed by atoms with Crippen LogP contribution in [0.2, 0.25) is 5.02 Å². The predicted molar refractivity (Wildman–Crippen MR) is 121 cm³/mol. The normalized spacial score (nSPS) is 14.9. The molecule has 1 aromatic heterocycles. The summed E-state index contributed by atoms with van der Waals surface area (Å²) >= 11 is 6.26. The van der Waals surface area contributed by atoms with Gasteiger partial charge in [0.1, 0.15) is 24.3 Å². The number of fused-ring (bicyclic) bond motifs is 1. The van der Waals surface area contributed by atoms with E-state index < -0.39 is 46.8 Å². The lowest BCUT2D eigenvalue weighted by atomic mass is 9.95. The number of carbonyl (C=O) groups is 2. The second-order valence-corrected chi connectivity index (χ2v) is 8.45. The van der Waals surface area contributed by atoms with Crippen molar-refractivity contribution in [3.63, 3.8) is 0 Å². The van der Waals surface area contributed by atoms with Crippen LogP contribution < -0.4 is 10.6 Å². The molecule has 13 heteroatoms. The van der Waals surface area contributed by atoms with Gasteiger partial charge in [0.25, 0.3) is 11.8 Å². The maximum atomic E-state index is 14.0. The molecule has 0 fully saturated rings. The molecule has 4 aromatic rings. The van der Waals surface area contributed by atoms with E-state index >= 15 is 0 Å². The van der Waals surface area contributed by atoms with Crippen molar-refractivity contribution < 1.29 is 31.5 Å². The Balaban J connectivity index is 1.65. The molecule has 7 nitrogen and oxygen atoms in total. The monoisotopic (exact) mass is 533 g/mol. The Morgan fingerprint density at radius 2 is 1.84 bits per heavy atom. The number of alkyl halides is 3. The van der Waals surface area contributed by atoms with E-state index in [2.05, 4.69) is 20.7 Å². The number of anilines is 1. The summed E-state index contributed by atoms with van der Waals surface area (Å²) in [5.41, 5.74) is -1.25. The van der Waals surface area contributed by atoms with Crippen molar-refractivity contribution in [2.24, 2.45) is 0 Å². The van der Waals surface area contributed by atoms with Gasteiger partial charge in [-0.1, -0.05) is 11.6 Å². The highest BCUT2D eigenvalue weighted by Gasteiger charge is 2.36. The first-order valence-corrected chi connectivity index (χ1v) is 10.9. The van der Waals surface area contributed by atoms with Gasteiger partial charge in [-0.15, -0.1) is 0 Å². The minimum Gasteiger partial charge on any atom is -0.341 e. The largest absolute Gasteiger partial charge is 0.416 e. The van der Waals surface area contributed by atoms with Crippen LogP contribution in [0.3, 0.4) is 0 Å². The van der Waals surface area contributed by atoms with Gasteiger partial charge in [-0.2, -0.15) is 18.3 Å². The number of benzene rings is 3. The Morgan fingerprint density at radius 1 is 1.05 bits per heavy atom. The van der Waals surface area contributed by atoms with Gasteiger partial charge in [-0.3, -0.25) is 9.59 Å². The van der Waals surface area contributed by atoms with Crippen LogP contribution >= 0.6 is 11.6 Å². The van der Waals surface area contributed by atoms with Gasteiger partial charge in [0, 0.05) is 33.0 Å². The molecule has 37 heavy (non-hydrogen) atoms. The molecule has 0 bridgehead atoms. The quantitative estimate of drug-likeness (QED) is 0.348. The van der Waals surface area contributed by atoms with Gasteiger partial charge in [0.15, 0.2) is 0 Å². The molecule has 0 saturated heterocycles. The third-order valence-corrected chi connectivity index (χ3v) is 6.01. The highest BCUT2D eigenvalue weighted by Crippen LogP contribution is 2.41. The molecule has 2 amide bonds. The van der Waals surface area contributed by atoms with Gasteiger partial charge < -0.3 is 10.6 Å². The van der Waals surface area contributed by atoms with Gasteiger partial charge in [0.05, 0.1) is 17.3 Å². The Labute approximate surface area is 209 Å². The lowest BCUT2D eigenvalue weighted by Crippen LogP contribution is -2.21. The molecule has 5 rings (SSSR count). The van der Waals surface area contributed by atoms with Crippen LogP contribution in [0.1, 0.15) is 43.4 Å². The van der Waals surface area contributed by atoms with Crippen molar-refractivity contribution in [1.29, 1.82) is 0 Å². The zero-order valence-corrected chi connectivity index (χ0v) is 19.0. The summed E-state index contributed by atoms with van der Waals surface area (Å²) < 4.78 is 68.8. The maximum absolute atomic E-state index is 14.0. The second kappa shape index (κ2) is 8.96. The van der Waals surface area contributed by atoms with Crippen LogP contribution in [0.15, 0.2) is 61.2 Å². The first-order valence-electron chi connectivity index (χ1n) is 10.5. The average Bonchev–Trinajstić information content (AvgIpc) is 3.48. The van der Waals surface area contributed by atoms with Crippen LogP contribution in [0, 0.1) is 11.6 Å². The lowest BCUT2D eigenvalue weighted by Gasteiger charge is -2.19. The van der Waals surface area contributed by atoms with E-state index in [-0.39, 0.29) is 39.2 Å². The first kappa shape index (κ1) is 24.4. The van der Waals surface area contributed by atoms with Crippen molar-refractivity contribution in [2.75, 3.05) is 5.32 Å². The van der Waals surface area contributed by atoms with Crippen molar-refractivity contribution in [3.05, 3.63) is 106 Å². The summed E-state index contributed by atoms with van der Waals surface area (Å²) in [4.78, 5) is 29.7. The molecule has 2 heterocycles. The molecule has 1 aliphatic heterocycles. The van der Waals surface area contributed by atoms with Gasteiger partial charge in [0.2, 0.25) is 0 Å². The lowest BCUT2D eigenvalue weighted by molar-refractivity contribution is -0.137. The Kier molecular flexibility index (Phi) is 5.91. The number of nitrogens with one attached hydrogen (secondary N) is 2. The van der Waals surface area contributed by atoms with Crippen LogP contribution in [-0.2, 0) is 6.18 Å². The van der Waals surface area contributed by atoms with Crippen molar-refractivity contribution in [2.45, 2.75) is 12.2 Å². The van der Waals surface area contributed by atoms with E-state index in [0.717, 1.165) is 12.1 Å². The van der Waals surface area contributed by atoms with Gasteiger partial charge >= 0.3 is 6.18 Å². The van der Waals surface area contributed by atoms with Gasteiger partial charge in [-0.05, 0) is 48.5 Å².